The summed E-state index contributed by atoms with van der Waals surface area (Å²) in [6.07, 6.45) is 0. The molecule has 0 aliphatic rings. The Balaban J connectivity index is 1.90. The van der Waals surface area contributed by atoms with E-state index < -0.39 is 0 Å². The molecule has 0 radical (unpaired) electrons. The highest BCUT2D eigenvalue weighted by atomic mass is 79.9. The molecule has 0 aliphatic carbocycles. The van der Waals surface area contributed by atoms with Crippen LogP contribution in [0.15, 0.2) is 51.8 Å². The summed E-state index contributed by atoms with van der Waals surface area (Å²) < 4.78 is 0.754. The van der Waals surface area contributed by atoms with Gasteiger partial charge in [0.2, 0.25) is 0 Å². The molecule has 0 atom stereocenters. The number of nitrogens with one attached hydrogen (secondary N) is 1. The van der Waals surface area contributed by atoms with E-state index in [1.165, 1.54) is 11.3 Å². The zero-order valence-corrected chi connectivity index (χ0v) is 13.4. The Kier molecular flexibility index (Phi) is 3.95. The predicted molar refractivity (Wildman–Crippen MR) is 87.5 cm³/mol. The molecule has 3 aromatic rings. The Bertz CT molecular complexity index is 723. The highest BCUT2D eigenvalue weighted by Gasteiger charge is 2.15. The molecule has 20 heavy (non-hydrogen) atoms. The quantitative estimate of drug-likeness (QED) is 0.718. The van der Waals surface area contributed by atoms with Crippen LogP contribution in [0.4, 0.5) is 5.00 Å². The molecule has 3 rings (SSSR count). The van der Waals surface area contributed by atoms with Gasteiger partial charge in [-0.3, -0.25) is 4.79 Å². The molecule has 0 saturated heterocycles. The van der Waals surface area contributed by atoms with Crippen molar-refractivity contribution in [3.63, 3.8) is 0 Å². The van der Waals surface area contributed by atoms with Gasteiger partial charge in [0.15, 0.2) is 3.92 Å². The molecule has 0 spiro atoms. The lowest BCUT2D eigenvalue weighted by atomic mass is 10.2. The molecule has 1 aromatic carbocycles. The zero-order chi connectivity index (χ0) is 13.9. The molecule has 1 N–H and O–H groups in total. The van der Waals surface area contributed by atoms with Crippen molar-refractivity contribution in [1.82, 2.24) is 4.98 Å². The van der Waals surface area contributed by atoms with Crippen molar-refractivity contribution < 1.29 is 4.79 Å². The van der Waals surface area contributed by atoms with Crippen LogP contribution in [0.25, 0.3) is 10.6 Å². The lowest BCUT2D eigenvalue weighted by Gasteiger charge is -2.03. The van der Waals surface area contributed by atoms with E-state index in [0.717, 1.165) is 19.5 Å². The van der Waals surface area contributed by atoms with Crippen LogP contribution in [0.1, 0.15) is 10.4 Å². The van der Waals surface area contributed by atoms with Gasteiger partial charge < -0.3 is 5.32 Å². The first kappa shape index (κ1) is 13.5. The van der Waals surface area contributed by atoms with Crippen LogP contribution in [0, 0.1) is 0 Å². The third kappa shape index (κ3) is 2.82. The summed E-state index contributed by atoms with van der Waals surface area (Å²) in [5, 5.41) is 5.68. The lowest BCUT2D eigenvalue weighted by Crippen LogP contribution is -2.11. The van der Waals surface area contributed by atoms with Crippen molar-refractivity contribution in [2.45, 2.75) is 0 Å². The number of halogens is 1. The highest BCUT2D eigenvalue weighted by Crippen LogP contribution is 2.37. The van der Waals surface area contributed by atoms with Crippen molar-refractivity contribution in [3.8, 4) is 10.6 Å². The number of benzene rings is 1. The molecule has 0 aliphatic heterocycles. The van der Waals surface area contributed by atoms with Crippen molar-refractivity contribution in [3.05, 3.63) is 57.3 Å². The number of carbonyl (C=O) groups excluding carboxylic acids is 1. The van der Waals surface area contributed by atoms with Gasteiger partial charge in [0.25, 0.3) is 5.91 Å². The fraction of sp³-hybridized carbons (Fsp3) is 0. The number of hydrogen-bond donors (Lipinski definition) is 1. The molecule has 1 amide bonds. The smallest absolute Gasteiger partial charge is 0.256 e. The summed E-state index contributed by atoms with van der Waals surface area (Å²) >= 11 is 6.39. The number of amides is 1. The van der Waals surface area contributed by atoms with Crippen LogP contribution in [0.5, 0.6) is 0 Å². The molecular weight excluding hydrogens is 356 g/mol. The molecule has 2 heterocycles. The second-order valence-electron chi connectivity index (χ2n) is 3.94. The number of thiazole rings is 1. The van der Waals surface area contributed by atoms with E-state index in [9.17, 15) is 4.79 Å². The third-order valence-corrected chi connectivity index (χ3v) is 4.92. The predicted octanol–water partition coefficient (Wildman–Crippen LogP) is 4.89. The summed E-state index contributed by atoms with van der Waals surface area (Å²) in [7, 11) is 0. The first-order valence-corrected chi connectivity index (χ1v) is 8.29. The van der Waals surface area contributed by atoms with E-state index in [1.54, 1.807) is 23.5 Å². The molecule has 100 valence electrons. The fourth-order valence-electron chi connectivity index (χ4n) is 1.72. The largest absolute Gasteiger partial charge is 0.312 e. The Morgan fingerprint density at radius 2 is 1.95 bits per heavy atom. The maximum Gasteiger partial charge on any atom is 0.256 e. The third-order valence-electron chi connectivity index (χ3n) is 2.62. The van der Waals surface area contributed by atoms with Crippen molar-refractivity contribution in [1.29, 1.82) is 0 Å². The standard InChI is InChI=1S/C14H9BrN2OS2/c15-14-16-11(10-7-4-8-19-10)13(20-14)17-12(18)9-5-2-1-3-6-9/h1-8H,(H,17,18). The Labute approximate surface area is 132 Å². The van der Waals surface area contributed by atoms with Crippen LogP contribution < -0.4 is 5.32 Å². The minimum Gasteiger partial charge on any atom is -0.312 e. The summed E-state index contributed by atoms with van der Waals surface area (Å²) in [6, 6.07) is 13.1. The summed E-state index contributed by atoms with van der Waals surface area (Å²) in [5.41, 5.74) is 1.44. The summed E-state index contributed by atoms with van der Waals surface area (Å²) in [4.78, 5) is 17.7. The minimum absolute atomic E-state index is 0.125. The van der Waals surface area contributed by atoms with E-state index in [4.69, 9.17) is 0 Å². The van der Waals surface area contributed by atoms with E-state index in [0.29, 0.717) is 5.56 Å². The number of nitrogens with zero attached hydrogens (tertiary/aromatic N) is 1. The average Bonchev–Trinajstić information content (AvgIpc) is 3.09. The minimum atomic E-state index is -0.125. The Morgan fingerprint density at radius 3 is 2.65 bits per heavy atom. The zero-order valence-electron chi connectivity index (χ0n) is 10.2. The SMILES string of the molecule is O=C(Nc1sc(Br)nc1-c1cccs1)c1ccccc1. The molecule has 0 fully saturated rings. The molecule has 6 heteroatoms. The van der Waals surface area contributed by atoms with E-state index in [1.807, 2.05) is 35.7 Å². The van der Waals surface area contributed by atoms with Gasteiger partial charge in [0.05, 0.1) is 4.88 Å². The van der Waals surface area contributed by atoms with Crippen LogP contribution in [0.3, 0.4) is 0 Å². The van der Waals surface area contributed by atoms with Crippen LogP contribution in [-0.2, 0) is 0 Å². The van der Waals surface area contributed by atoms with E-state index >= 15 is 0 Å². The topological polar surface area (TPSA) is 42.0 Å². The van der Waals surface area contributed by atoms with Crippen LogP contribution >= 0.6 is 38.6 Å². The normalized spacial score (nSPS) is 10.4. The second kappa shape index (κ2) is 5.87. The number of aromatic nitrogens is 1. The first-order chi connectivity index (χ1) is 9.74. The molecule has 2 aromatic heterocycles. The van der Waals surface area contributed by atoms with Gasteiger partial charge in [-0.15, -0.1) is 11.3 Å². The summed E-state index contributed by atoms with van der Waals surface area (Å²) in [6.45, 7) is 0. The average molecular weight is 365 g/mol. The Morgan fingerprint density at radius 1 is 1.15 bits per heavy atom. The molecule has 0 bridgehead atoms. The number of hydrogen-bond acceptors (Lipinski definition) is 4. The van der Waals surface area contributed by atoms with Crippen molar-refractivity contribution >= 4 is 49.5 Å². The van der Waals surface area contributed by atoms with Gasteiger partial charge >= 0.3 is 0 Å². The van der Waals surface area contributed by atoms with Crippen LogP contribution in [-0.4, -0.2) is 10.9 Å². The van der Waals surface area contributed by atoms with Crippen LogP contribution in [0.2, 0.25) is 0 Å². The maximum atomic E-state index is 12.2. The lowest BCUT2D eigenvalue weighted by molar-refractivity contribution is 0.102. The van der Waals surface area contributed by atoms with Crippen molar-refractivity contribution in [2.24, 2.45) is 0 Å². The van der Waals surface area contributed by atoms with E-state index in [-0.39, 0.29) is 5.91 Å². The monoisotopic (exact) mass is 364 g/mol. The van der Waals surface area contributed by atoms with Gasteiger partial charge in [-0.05, 0) is 39.5 Å². The summed E-state index contributed by atoms with van der Waals surface area (Å²) in [5.74, 6) is -0.125. The van der Waals surface area contributed by atoms with E-state index in [2.05, 4.69) is 26.2 Å². The Hall–Kier alpha value is -1.50. The van der Waals surface area contributed by atoms with Gasteiger partial charge in [-0.1, -0.05) is 35.6 Å². The van der Waals surface area contributed by atoms with Gasteiger partial charge in [-0.25, -0.2) is 4.98 Å². The van der Waals surface area contributed by atoms with Gasteiger partial charge in [0, 0.05) is 5.56 Å². The van der Waals surface area contributed by atoms with Gasteiger partial charge in [0.1, 0.15) is 10.7 Å². The number of carbonyl (C=O) groups is 1. The second-order valence-corrected chi connectivity index (χ2v) is 7.16. The highest BCUT2D eigenvalue weighted by molar-refractivity contribution is 9.11. The van der Waals surface area contributed by atoms with Crippen molar-refractivity contribution in [2.75, 3.05) is 5.32 Å². The number of rotatable bonds is 3. The van der Waals surface area contributed by atoms with Gasteiger partial charge in [-0.2, -0.15) is 0 Å². The number of anilines is 1. The molecule has 0 saturated carbocycles. The first-order valence-electron chi connectivity index (χ1n) is 5.80. The molecule has 3 nitrogen and oxygen atoms in total. The molecular formula is C14H9BrN2OS2. The number of thiophene rings is 1. The molecule has 0 unspecified atom stereocenters. The fourth-order valence-corrected chi connectivity index (χ4v) is 3.87. The maximum absolute atomic E-state index is 12.2.